The first-order chi connectivity index (χ1) is 16.0. The number of amides is 4. The molecule has 0 saturated carbocycles. The number of carbonyl (C=O) groups is 3. The first kappa shape index (κ1) is 23.8. The van der Waals surface area contributed by atoms with E-state index in [2.05, 4.69) is 10.6 Å². The van der Waals surface area contributed by atoms with Crippen LogP contribution in [0.25, 0.3) is 0 Å². The van der Waals surface area contributed by atoms with Crippen molar-refractivity contribution in [3.05, 3.63) is 82.0 Å². The number of benzene rings is 2. The number of nitrogens with one attached hydrogen (secondary N) is 2. The highest BCUT2D eigenvalue weighted by Gasteiger charge is 2.46. The molecule has 4 amide bonds. The molecule has 2 aromatic rings. The van der Waals surface area contributed by atoms with Crippen LogP contribution < -0.4 is 10.6 Å². The van der Waals surface area contributed by atoms with E-state index in [0.29, 0.717) is 22.7 Å². The Bertz CT molecular complexity index is 1140. The van der Waals surface area contributed by atoms with Crippen molar-refractivity contribution in [2.24, 2.45) is 0 Å². The maximum Gasteiger partial charge on any atom is 0.322 e. The highest BCUT2D eigenvalue weighted by Crippen LogP contribution is 2.37. The molecule has 0 aliphatic carbocycles. The molecule has 2 atom stereocenters. The van der Waals surface area contributed by atoms with Gasteiger partial charge in [-0.05, 0) is 44.0 Å². The maximum atomic E-state index is 13.8. The molecule has 2 N–H and O–H groups in total. The molecule has 178 valence electrons. The van der Waals surface area contributed by atoms with E-state index in [9.17, 15) is 14.4 Å². The highest BCUT2D eigenvalue weighted by molar-refractivity contribution is 6.30. The average Bonchev–Trinajstić information content (AvgIpc) is 3.12. The quantitative estimate of drug-likeness (QED) is 0.685. The molecule has 0 bridgehead atoms. The second-order valence-corrected chi connectivity index (χ2v) is 10.2. The zero-order valence-electron chi connectivity index (χ0n) is 19.8. The lowest BCUT2D eigenvalue weighted by Gasteiger charge is -2.31. The summed E-state index contributed by atoms with van der Waals surface area (Å²) in [6.45, 7) is 5.91. The van der Waals surface area contributed by atoms with Crippen LogP contribution in [0.5, 0.6) is 0 Å². The van der Waals surface area contributed by atoms with E-state index in [-0.39, 0.29) is 24.4 Å². The molecule has 2 aliphatic rings. The number of carbonyl (C=O) groups excluding carboxylic acids is 3. The highest BCUT2D eigenvalue weighted by atomic mass is 35.5. The van der Waals surface area contributed by atoms with Gasteiger partial charge < -0.3 is 15.5 Å². The lowest BCUT2D eigenvalue weighted by molar-refractivity contribution is -0.137. The zero-order valence-corrected chi connectivity index (χ0v) is 20.5. The molecular formula is C26H29ClN4O3. The number of rotatable bonds is 5. The lowest BCUT2D eigenvalue weighted by Crippen LogP contribution is -2.54. The van der Waals surface area contributed by atoms with Crippen molar-refractivity contribution >= 4 is 29.4 Å². The third-order valence-electron chi connectivity index (χ3n) is 6.04. The minimum atomic E-state index is -0.728. The van der Waals surface area contributed by atoms with Crippen LogP contribution in [0.2, 0.25) is 5.02 Å². The van der Waals surface area contributed by atoms with Crippen molar-refractivity contribution in [1.82, 2.24) is 20.4 Å². The van der Waals surface area contributed by atoms with Gasteiger partial charge in [0.2, 0.25) is 5.91 Å². The number of urea groups is 1. The van der Waals surface area contributed by atoms with E-state index < -0.39 is 17.6 Å². The molecule has 7 nitrogen and oxygen atoms in total. The first-order valence-corrected chi connectivity index (χ1v) is 11.6. The second kappa shape index (κ2) is 9.14. The summed E-state index contributed by atoms with van der Waals surface area (Å²) in [6.07, 6.45) is 0.367. The number of halogens is 1. The molecule has 0 unspecified atom stereocenters. The van der Waals surface area contributed by atoms with Crippen molar-refractivity contribution in [2.45, 2.75) is 44.8 Å². The molecule has 2 heterocycles. The van der Waals surface area contributed by atoms with Crippen LogP contribution >= 0.6 is 11.6 Å². The minimum Gasteiger partial charge on any atom is -0.350 e. The molecule has 4 rings (SSSR count). The summed E-state index contributed by atoms with van der Waals surface area (Å²) < 4.78 is 0. The van der Waals surface area contributed by atoms with Crippen LogP contribution in [0.1, 0.15) is 37.9 Å². The third-order valence-corrected chi connectivity index (χ3v) is 6.29. The molecule has 0 aromatic heterocycles. The van der Waals surface area contributed by atoms with Crippen LogP contribution in [0, 0.1) is 0 Å². The summed E-state index contributed by atoms with van der Waals surface area (Å²) in [5.74, 6) is -0.485. The van der Waals surface area contributed by atoms with Gasteiger partial charge in [-0.3, -0.25) is 14.5 Å². The number of nitrogens with zero attached hydrogens (tertiary/aromatic N) is 2. The molecule has 0 radical (unpaired) electrons. The summed E-state index contributed by atoms with van der Waals surface area (Å²) in [5, 5.41) is 6.51. The Kier molecular flexibility index (Phi) is 6.41. The smallest absolute Gasteiger partial charge is 0.322 e. The van der Waals surface area contributed by atoms with Crippen molar-refractivity contribution in [3.63, 3.8) is 0 Å². The van der Waals surface area contributed by atoms with Gasteiger partial charge in [-0.1, -0.05) is 54.1 Å². The van der Waals surface area contributed by atoms with Crippen molar-refractivity contribution < 1.29 is 14.4 Å². The summed E-state index contributed by atoms with van der Waals surface area (Å²) in [5.41, 5.74) is 2.34. The molecule has 2 aliphatic heterocycles. The molecule has 0 saturated heterocycles. The van der Waals surface area contributed by atoms with Crippen LogP contribution in [0.3, 0.4) is 0 Å². The van der Waals surface area contributed by atoms with Gasteiger partial charge in [0.05, 0.1) is 23.9 Å². The van der Waals surface area contributed by atoms with Crippen LogP contribution in [-0.2, 0) is 16.0 Å². The fraction of sp³-hybridized carbons (Fsp3) is 0.346. The van der Waals surface area contributed by atoms with E-state index in [1.54, 1.807) is 36.2 Å². The van der Waals surface area contributed by atoms with Gasteiger partial charge in [0, 0.05) is 24.0 Å². The zero-order chi connectivity index (χ0) is 24.6. The van der Waals surface area contributed by atoms with E-state index in [4.69, 9.17) is 11.6 Å². The molecule has 0 fully saturated rings. The molecule has 8 heteroatoms. The van der Waals surface area contributed by atoms with Crippen LogP contribution in [0.4, 0.5) is 4.79 Å². The summed E-state index contributed by atoms with van der Waals surface area (Å²) in [4.78, 5) is 43.0. The summed E-state index contributed by atoms with van der Waals surface area (Å²) in [6, 6.07) is 15.0. The van der Waals surface area contributed by atoms with Gasteiger partial charge in [-0.15, -0.1) is 0 Å². The van der Waals surface area contributed by atoms with Crippen LogP contribution in [0.15, 0.2) is 65.9 Å². The predicted octanol–water partition coefficient (Wildman–Crippen LogP) is 3.66. The lowest BCUT2D eigenvalue weighted by atomic mass is 9.95. The Morgan fingerprint density at radius 2 is 1.76 bits per heavy atom. The van der Waals surface area contributed by atoms with Gasteiger partial charge in [-0.2, -0.15) is 0 Å². The molecular weight excluding hydrogens is 452 g/mol. The predicted molar refractivity (Wildman–Crippen MR) is 131 cm³/mol. The minimum absolute atomic E-state index is 0.178. The number of hydrogen-bond acceptors (Lipinski definition) is 3. The third kappa shape index (κ3) is 4.80. The Balaban J connectivity index is 1.70. The van der Waals surface area contributed by atoms with E-state index in [1.165, 1.54) is 4.90 Å². The van der Waals surface area contributed by atoms with Gasteiger partial charge >= 0.3 is 6.03 Å². The summed E-state index contributed by atoms with van der Waals surface area (Å²) in [7, 11) is 1.64. The van der Waals surface area contributed by atoms with Crippen molar-refractivity contribution in [2.75, 3.05) is 13.6 Å². The van der Waals surface area contributed by atoms with E-state index in [1.807, 2.05) is 51.1 Å². The standard InChI is InChI=1S/C26H29ClN4O3/c1-26(2,3)29-23(32)19(14-16-8-6-5-7-9-16)31-15-20-21(24(31)33)22(28-25(34)30(20)4)17-10-12-18(27)13-11-17/h5-13,19,22H,14-15H2,1-4H3,(H,28,34)(H,29,32)/t19-,22+/m0/s1. The number of hydrogen-bond donors (Lipinski definition) is 2. The second-order valence-electron chi connectivity index (χ2n) is 9.73. The molecule has 2 aromatic carbocycles. The number of likely N-dealkylation sites (N-methyl/N-ethyl adjacent to an activating group) is 1. The van der Waals surface area contributed by atoms with Crippen LogP contribution in [-0.4, -0.2) is 52.8 Å². The molecule has 34 heavy (non-hydrogen) atoms. The van der Waals surface area contributed by atoms with Gasteiger partial charge in [0.1, 0.15) is 6.04 Å². The summed E-state index contributed by atoms with van der Waals surface area (Å²) >= 11 is 6.04. The van der Waals surface area contributed by atoms with Gasteiger partial charge in [0.25, 0.3) is 5.91 Å². The Morgan fingerprint density at radius 1 is 1.12 bits per heavy atom. The Hall–Kier alpha value is -3.32. The monoisotopic (exact) mass is 480 g/mol. The van der Waals surface area contributed by atoms with Crippen molar-refractivity contribution in [3.8, 4) is 0 Å². The average molecular weight is 481 g/mol. The topological polar surface area (TPSA) is 81.8 Å². The first-order valence-electron chi connectivity index (χ1n) is 11.2. The van der Waals surface area contributed by atoms with Gasteiger partial charge in [0.15, 0.2) is 0 Å². The van der Waals surface area contributed by atoms with Crippen molar-refractivity contribution in [1.29, 1.82) is 0 Å². The van der Waals surface area contributed by atoms with E-state index >= 15 is 0 Å². The largest absolute Gasteiger partial charge is 0.350 e. The Labute approximate surface area is 204 Å². The SMILES string of the molecule is CN1C(=O)N[C@H](c2ccc(Cl)cc2)C2=C1CN([C@@H](Cc1ccccc1)C(=O)NC(C)(C)C)C2=O. The fourth-order valence-electron chi connectivity index (χ4n) is 4.38. The van der Waals surface area contributed by atoms with Gasteiger partial charge in [-0.25, -0.2) is 4.79 Å². The normalized spacial score (nSPS) is 19.1. The molecule has 0 spiro atoms. The Morgan fingerprint density at radius 3 is 2.38 bits per heavy atom. The van der Waals surface area contributed by atoms with E-state index in [0.717, 1.165) is 11.1 Å². The fourth-order valence-corrected chi connectivity index (χ4v) is 4.51. The maximum absolute atomic E-state index is 13.8.